The number of hydrogen-bond donors (Lipinski definition) is 2. The van der Waals surface area contributed by atoms with Gasteiger partial charge in [-0.25, -0.2) is 4.98 Å². The van der Waals surface area contributed by atoms with Crippen LogP contribution in [-0.2, 0) is 17.9 Å². The summed E-state index contributed by atoms with van der Waals surface area (Å²) in [6.07, 6.45) is 1.38. The Morgan fingerprint density at radius 2 is 1.96 bits per heavy atom. The fourth-order valence-electron chi connectivity index (χ4n) is 2.70. The molecule has 0 saturated heterocycles. The van der Waals surface area contributed by atoms with E-state index in [0.717, 1.165) is 11.1 Å². The standard InChI is InChI=1S/C19H18N4O3/c1-12-4-2-7-15-17(12)22-11-23(19(15)26)10-16(24)21-9-13-5-3-6-14(8-13)18(20)25/h2-8,11H,9-10H2,1H3,(H2,20,25)(H,21,24). The number of fused-ring (bicyclic) bond motifs is 1. The topological polar surface area (TPSA) is 107 Å². The Labute approximate surface area is 149 Å². The van der Waals surface area contributed by atoms with E-state index in [-0.39, 0.29) is 24.6 Å². The molecular formula is C19H18N4O3. The minimum Gasteiger partial charge on any atom is -0.366 e. The summed E-state index contributed by atoms with van der Waals surface area (Å²) in [5, 5.41) is 3.20. The Morgan fingerprint density at radius 3 is 2.73 bits per heavy atom. The molecule has 1 heterocycles. The molecule has 0 bridgehead atoms. The second-order valence-corrected chi connectivity index (χ2v) is 5.99. The number of nitrogens with one attached hydrogen (secondary N) is 1. The molecule has 0 spiro atoms. The molecule has 2 aromatic carbocycles. The van der Waals surface area contributed by atoms with Crippen LogP contribution in [0.15, 0.2) is 53.6 Å². The molecule has 0 aliphatic carbocycles. The smallest absolute Gasteiger partial charge is 0.261 e. The predicted octanol–water partition coefficient (Wildman–Crippen LogP) is 1.12. The fourth-order valence-corrected chi connectivity index (χ4v) is 2.70. The van der Waals surface area contributed by atoms with E-state index in [0.29, 0.717) is 16.5 Å². The van der Waals surface area contributed by atoms with Crippen molar-refractivity contribution in [1.82, 2.24) is 14.9 Å². The van der Waals surface area contributed by atoms with Crippen molar-refractivity contribution in [1.29, 1.82) is 0 Å². The molecule has 1 aromatic heterocycles. The molecule has 3 N–H and O–H groups in total. The van der Waals surface area contributed by atoms with Crippen LogP contribution in [0.25, 0.3) is 10.9 Å². The summed E-state index contributed by atoms with van der Waals surface area (Å²) in [6, 6.07) is 12.1. The van der Waals surface area contributed by atoms with Crippen LogP contribution in [0.5, 0.6) is 0 Å². The normalized spacial score (nSPS) is 10.7. The van der Waals surface area contributed by atoms with Crippen LogP contribution >= 0.6 is 0 Å². The molecule has 0 atom stereocenters. The molecule has 0 aliphatic heterocycles. The number of benzene rings is 2. The van der Waals surface area contributed by atoms with Crippen LogP contribution < -0.4 is 16.6 Å². The van der Waals surface area contributed by atoms with Crippen molar-refractivity contribution in [3.8, 4) is 0 Å². The fraction of sp³-hybridized carbons (Fsp3) is 0.158. The van der Waals surface area contributed by atoms with Gasteiger partial charge >= 0.3 is 0 Å². The number of nitrogens with two attached hydrogens (primary N) is 1. The number of para-hydroxylation sites is 1. The van der Waals surface area contributed by atoms with Crippen molar-refractivity contribution in [2.45, 2.75) is 20.0 Å². The second kappa shape index (κ2) is 7.18. The summed E-state index contributed by atoms with van der Waals surface area (Å²) in [5.74, 6) is -0.854. The van der Waals surface area contributed by atoms with Crippen LogP contribution in [0.4, 0.5) is 0 Å². The zero-order valence-electron chi connectivity index (χ0n) is 14.2. The first kappa shape index (κ1) is 17.3. The first-order chi connectivity index (χ1) is 12.5. The van der Waals surface area contributed by atoms with E-state index >= 15 is 0 Å². The summed E-state index contributed by atoms with van der Waals surface area (Å²) < 4.78 is 1.27. The molecule has 7 heteroatoms. The third-order valence-electron chi connectivity index (χ3n) is 4.07. The molecular weight excluding hydrogens is 332 g/mol. The van der Waals surface area contributed by atoms with Crippen LogP contribution in [0, 0.1) is 6.92 Å². The Hall–Kier alpha value is -3.48. The van der Waals surface area contributed by atoms with Gasteiger partial charge in [0.2, 0.25) is 11.8 Å². The first-order valence-electron chi connectivity index (χ1n) is 8.06. The van der Waals surface area contributed by atoms with Gasteiger partial charge in [-0.05, 0) is 36.2 Å². The average Bonchev–Trinajstić information content (AvgIpc) is 2.63. The zero-order valence-corrected chi connectivity index (χ0v) is 14.2. The minimum atomic E-state index is -0.526. The lowest BCUT2D eigenvalue weighted by Crippen LogP contribution is -2.32. The molecule has 0 aliphatic rings. The number of primary amides is 1. The Bertz CT molecular complexity index is 1060. The summed E-state index contributed by atoms with van der Waals surface area (Å²) in [6.45, 7) is 1.98. The van der Waals surface area contributed by atoms with Gasteiger partial charge in [0.15, 0.2) is 0 Å². The van der Waals surface area contributed by atoms with E-state index < -0.39 is 5.91 Å². The minimum absolute atomic E-state index is 0.134. The molecule has 3 rings (SSSR count). The molecule has 7 nitrogen and oxygen atoms in total. The first-order valence-corrected chi connectivity index (χ1v) is 8.06. The highest BCUT2D eigenvalue weighted by Crippen LogP contribution is 2.11. The average molecular weight is 350 g/mol. The highest BCUT2D eigenvalue weighted by Gasteiger charge is 2.09. The number of rotatable bonds is 5. The van der Waals surface area contributed by atoms with Crippen LogP contribution in [-0.4, -0.2) is 21.4 Å². The number of nitrogens with zero attached hydrogens (tertiary/aromatic N) is 2. The third kappa shape index (κ3) is 3.61. The number of amides is 2. The van der Waals surface area contributed by atoms with Crippen LogP contribution in [0.2, 0.25) is 0 Å². The number of carbonyl (C=O) groups is 2. The largest absolute Gasteiger partial charge is 0.366 e. The van der Waals surface area contributed by atoms with Gasteiger partial charge in [-0.15, -0.1) is 0 Å². The van der Waals surface area contributed by atoms with Crippen LogP contribution in [0.3, 0.4) is 0 Å². The van der Waals surface area contributed by atoms with E-state index in [2.05, 4.69) is 10.3 Å². The summed E-state index contributed by atoms with van der Waals surface area (Å²) in [5.41, 5.74) is 7.65. The van der Waals surface area contributed by atoms with Gasteiger partial charge in [0.1, 0.15) is 6.54 Å². The molecule has 0 unspecified atom stereocenters. The molecule has 0 fully saturated rings. The number of aromatic nitrogens is 2. The van der Waals surface area contributed by atoms with Gasteiger partial charge in [0.25, 0.3) is 5.56 Å². The van der Waals surface area contributed by atoms with Crippen molar-refractivity contribution in [2.75, 3.05) is 0 Å². The Balaban J connectivity index is 1.72. The van der Waals surface area contributed by atoms with E-state index in [1.807, 2.05) is 13.0 Å². The van der Waals surface area contributed by atoms with Gasteiger partial charge in [-0.2, -0.15) is 0 Å². The van der Waals surface area contributed by atoms with Crippen molar-refractivity contribution < 1.29 is 9.59 Å². The molecule has 132 valence electrons. The Morgan fingerprint density at radius 1 is 1.19 bits per heavy atom. The van der Waals surface area contributed by atoms with Crippen molar-refractivity contribution in [3.63, 3.8) is 0 Å². The SMILES string of the molecule is Cc1cccc2c(=O)n(CC(=O)NCc3cccc(C(N)=O)c3)cnc12. The lowest BCUT2D eigenvalue weighted by molar-refractivity contribution is -0.121. The molecule has 3 aromatic rings. The van der Waals surface area contributed by atoms with E-state index in [1.165, 1.54) is 10.9 Å². The van der Waals surface area contributed by atoms with Gasteiger partial charge in [-0.3, -0.25) is 19.0 Å². The van der Waals surface area contributed by atoms with E-state index in [9.17, 15) is 14.4 Å². The van der Waals surface area contributed by atoms with Gasteiger partial charge in [0, 0.05) is 12.1 Å². The summed E-state index contributed by atoms with van der Waals surface area (Å²) in [7, 11) is 0. The maximum Gasteiger partial charge on any atom is 0.261 e. The third-order valence-corrected chi connectivity index (χ3v) is 4.07. The summed E-state index contributed by atoms with van der Waals surface area (Å²) >= 11 is 0. The van der Waals surface area contributed by atoms with Gasteiger partial charge in [0.05, 0.1) is 17.2 Å². The van der Waals surface area contributed by atoms with Crippen LogP contribution in [0.1, 0.15) is 21.5 Å². The second-order valence-electron chi connectivity index (χ2n) is 5.99. The van der Waals surface area contributed by atoms with E-state index in [4.69, 9.17) is 5.73 Å². The lowest BCUT2D eigenvalue weighted by atomic mass is 10.1. The molecule has 26 heavy (non-hydrogen) atoms. The van der Waals surface area contributed by atoms with Crippen molar-refractivity contribution >= 4 is 22.7 Å². The number of aryl methyl sites for hydroxylation is 1. The zero-order chi connectivity index (χ0) is 18.7. The van der Waals surface area contributed by atoms with Gasteiger partial charge in [-0.1, -0.05) is 24.3 Å². The molecule has 2 amide bonds. The quantitative estimate of drug-likeness (QED) is 0.719. The van der Waals surface area contributed by atoms with Crippen molar-refractivity contribution in [2.24, 2.45) is 5.73 Å². The number of hydrogen-bond acceptors (Lipinski definition) is 4. The lowest BCUT2D eigenvalue weighted by Gasteiger charge is -2.09. The molecule has 0 saturated carbocycles. The monoisotopic (exact) mass is 350 g/mol. The highest BCUT2D eigenvalue weighted by molar-refractivity contribution is 5.92. The molecule has 0 radical (unpaired) electrons. The van der Waals surface area contributed by atoms with E-state index in [1.54, 1.807) is 36.4 Å². The number of carbonyl (C=O) groups excluding carboxylic acids is 2. The van der Waals surface area contributed by atoms with Crippen molar-refractivity contribution in [3.05, 3.63) is 75.8 Å². The predicted molar refractivity (Wildman–Crippen MR) is 97.5 cm³/mol. The highest BCUT2D eigenvalue weighted by atomic mass is 16.2. The maximum atomic E-state index is 12.5. The maximum absolute atomic E-state index is 12.5. The van der Waals surface area contributed by atoms with Gasteiger partial charge < -0.3 is 11.1 Å². The Kier molecular flexibility index (Phi) is 4.79. The summed E-state index contributed by atoms with van der Waals surface area (Å²) in [4.78, 5) is 40.1.